The molecule has 3 aliphatic heterocycles. The molecule has 2 aromatic rings. The van der Waals surface area contributed by atoms with Crippen LogP contribution in [0.3, 0.4) is 0 Å². The molecule has 11 nitrogen and oxygen atoms in total. The summed E-state index contributed by atoms with van der Waals surface area (Å²) in [6, 6.07) is 2.60. The zero-order chi connectivity index (χ0) is 26.5. The molecule has 4 heterocycles. The molecule has 12 heteroatoms. The number of piperidine rings is 1. The molecule has 4 amide bonds. The molecule has 1 spiro atoms. The predicted molar refractivity (Wildman–Crippen MR) is 134 cm³/mol. The van der Waals surface area contributed by atoms with Crippen molar-refractivity contribution in [3.63, 3.8) is 0 Å². The second-order valence-electron chi connectivity index (χ2n) is 10.9. The fourth-order valence-electron chi connectivity index (χ4n) is 5.23. The first-order valence-electron chi connectivity index (χ1n) is 12.6. The lowest BCUT2D eigenvalue weighted by Gasteiger charge is -2.47. The Morgan fingerprint density at radius 1 is 1.16 bits per heavy atom. The first kappa shape index (κ1) is 25.2. The van der Waals surface area contributed by atoms with Gasteiger partial charge in [-0.3, -0.25) is 19.7 Å². The van der Waals surface area contributed by atoms with E-state index in [9.17, 15) is 14.4 Å². The van der Waals surface area contributed by atoms with Gasteiger partial charge in [0.25, 0.3) is 0 Å². The third-order valence-corrected chi connectivity index (χ3v) is 7.12. The summed E-state index contributed by atoms with van der Waals surface area (Å²) in [4.78, 5) is 41.4. The van der Waals surface area contributed by atoms with Gasteiger partial charge in [-0.1, -0.05) is 0 Å². The largest absolute Gasteiger partial charge is 0.444 e. The molecule has 3 aliphatic rings. The van der Waals surface area contributed by atoms with Gasteiger partial charge in [-0.25, -0.2) is 14.0 Å². The van der Waals surface area contributed by atoms with E-state index in [0.29, 0.717) is 68.0 Å². The van der Waals surface area contributed by atoms with Crippen LogP contribution in [0.25, 0.3) is 10.9 Å². The van der Waals surface area contributed by atoms with Crippen LogP contribution in [0.15, 0.2) is 12.1 Å². The number of ether oxygens (including phenoxy) is 2. The Hall–Kier alpha value is -3.41. The molecule has 0 bridgehead atoms. The number of morpholine rings is 1. The quantitative estimate of drug-likeness (QED) is 0.654. The van der Waals surface area contributed by atoms with Crippen molar-refractivity contribution in [1.29, 1.82) is 0 Å². The second-order valence-corrected chi connectivity index (χ2v) is 10.9. The number of aryl methyl sites for hydroxylation is 1. The number of nitrogens with one attached hydrogen (secondary N) is 1. The number of amides is 4. The van der Waals surface area contributed by atoms with Crippen LogP contribution < -0.4 is 15.1 Å². The van der Waals surface area contributed by atoms with Crippen LogP contribution in [0, 0.1) is 5.82 Å². The fraction of sp³-hybridized carbons (Fsp3) is 0.600. The number of anilines is 2. The maximum absolute atomic E-state index is 15.5. The Balaban J connectivity index is 1.35. The van der Waals surface area contributed by atoms with Crippen molar-refractivity contribution in [2.24, 2.45) is 7.05 Å². The van der Waals surface area contributed by atoms with Crippen molar-refractivity contribution in [1.82, 2.24) is 20.0 Å². The number of hydrogen-bond acceptors (Lipinski definition) is 7. The minimum atomic E-state index is -0.562. The van der Waals surface area contributed by atoms with Gasteiger partial charge in [0.05, 0.1) is 23.4 Å². The fourth-order valence-corrected chi connectivity index (χ4v) is 5.23. The van der Waals surface area contributed by atoms with Gasteiger partial charge in [0, 0.05) is 51.6 Å². The molecule has 37 heavy (non-hydrogen) atoms. The second kappa shape index (κ2) is 9.16. The first-order chi connectivity index (χ1) is 17.4. The number of imide groups is 1. The number of benzene rings is 1. The summed E-state index contributed by atoms with van der Waals surface area (Å²) < 4.78 is 28.9. The van der Waals surface area contributed by atoms with Gasteiger partial charge in [0.15, 0.2) is 5.82 Å². The number of carbonyl (C=O) groups excluding carboxylic acids is 3. The van der Waals surface area contributed by atoms with Crippen molar-refractivity contribution >= 4 is 40.4 Å². The molecule has 0 aliphatic carbocycles. The molecular weight excluding hydrogens is 483 g/mol. The smallest absolute Gasteiger partial charge is 0.410 e. The van der Waals surface area contributed by atoms with Gasteiger partial charge in [0.2, 0.25) is 5.91 Å². The zero-order valence-electron chi connectivity index (χ0n) is 21.7. The minimum absolute atomic E-state index is 0.158. The van der Waals surface area contributed by atoms with E-state index in [4.69, 9.17) is 9.47 Å². The number of urea groups is 1. The maximum atomic E-state index is 15.5. The molecule has 1 N–H and O–H groups in total. The topological polar surface area (TPSA) is 109 Å². The van der Waals surface area contributed by atoms with Crippen LogP contribution in [0.4, 0.5) is 25.5 Å². The van der Waals surface area contributed by atoms with Crippen molar-refractivity contribution < 1.29 is 28.2 Å². The number of hydrogen-bond donors (Lipinski definition) is 1. The average molecular weight is 517 g/mol. The number of rotatable bonds is 2. The third-order valence-electron chi connectivity index (χ3n) is 7.12. The lowest BCUT2D eigenvalue weighted by Crippen LogP contribution is -2.58. The number of nitrogens with zero attached hydrogens (tertiary/aromatic N) is 5. The Morgan fingerprint density at radius 2 is 1.89 bits per heavy atom. The Labute approximate surface area is 214 Å². The van der Waals surface area contributed by atoms with E-state index >= 15 is 4.39 Å². The highest BCUT2D eigenvalue weighted by Crippen LogP contribution is 2.37. The summed E-state index contributed by atoms with van der Waals surface area (Å²) in [7, 11) is 1.74. The van der Waals surface area contributed by atoms with Gasteiger partial charge in [-0.2, -0.15) is 5.10 Å². The lowest BCUT2D eigenvalue weighted by molar-refractivity contribution is -0.120. The van der Waals surface area contributed by atoms with Gasteiger partial charge in [-0.05, 0) is 45.7 Å². The molecule has 200 valence electrons. The van der Waals surface area contributed by atoms with Gasteiger partial charge in [0.1, 0.15) is 11.4 Å². The van der Waals surface area contributed by atoms with E-state index in [1.54, 1.807) is 22.7 Å². The normalized spacial score (nSPS) is 20.5. The molecule has 3 fully saturated rings. The van der Waals surface area contributed by atoms with Crippen LogP contribution in [0.1, 0.15) is 40.0 Å². The third kappa shape index (κ3) is 4.94. The highest BCUT2D eigenvalue weighted by molar-refractivity contribution is 6.09. The van der Waals surface area contributed by atoms with E-state index in [0.717, 1.165) is 0 Å². The van der Waals surface area contributed by atoms with Crippen LogP contribution >= 0.6 is 0 Å². The number of carbonyl (C=O) groups is 3. The maximum Gasteiger partial charge on any atom is 0.410 e. The van der Waals surface area contributed by atoms with Crippen LogP contribution in [0.5, 0.6) is 0 Å². The van der Waals surface area contributed by atoms with Crippen molar-refractivity contribution in [2.75, 3.05) is 49.1 Å². The number of likely N-dealkylation sites (tertiary alicyclic amines) is 1. The molecule has 1 aromatic heterocycles. The van der Waals surface area contributed by atoms with E-state index in [1.807, 2.05) is 25.7 Å². The summed E-state index contributed by atoms with van der Waals surface area (Å²) in [6.07, 6.45) is 1.09. The molecule has 0 atom stereocenters. The van der Waals surface area contributed by atoms with Crippen LogP contribution in [0.2, 0.25) is 0 Å². The average Bonchev–Trinajstić information content (AvgIpc) is 3.13. The predicted octanol–water partition coefficient (Wildman–Crippen LogP) is 2.77. The Kier molecular flexibility index (Phi) is 6.25. The Morgan fingerprint density at radius 3 is 2.57 bits per heavy atom. The standard InChI is InChI=1S/C25H33FN6O5/c1-24(2,3)37-23(35)30-9-6-25(7-10-30)15-31(11-12-36-25)19-14-18-16(13-17(19)26)21(28-29(18)4)32-8-5-20(33)27-22(32)34/h13-14H,5-12,15H2,1-4H3,(H,27,33,34). The highest BCUT2D eigenvalue weighted by Gasteiger charge is 2.42. The van der Waals surface area contributed by atoms with Gasteiger partial charge in [-0.15, -0.1) is 0 Å². The summed E-state index contributed by atoms with van der Waals surface area (Å²) in [5, 5.41) is 7.25. The minimum Gasteiger partial charge on any atom is -0.444 e. The molecule has 0 saturated carbocycles. The van der Waals surface area contributed by atoms with Crippen molar-refractivity contribution in [3.8, 4) is 0 Å². The molecule has 5 rings (SSSR count). The highest BCUT2D eigenvalue weighted by atomic mass is 19.1. The molecule has 0 radical (unpaired) electrons. The lowest BCUT2D eigenvalue weighted by atomic mass is 9.89. The Bertz CT molecular complexity index is 1250. The summed E-state index contributed by atoms with van der Waals surface area (Å²) >= 11 is 0. The summed E-state index contributed by atoms with van der Waals surface area (Å²) in [6.45, 7) is 8.21. The van der Waals surface area contributed by atoms with E-state index in [2.05, 4.69) is 10.4 Å². The van der Waals surface area contributed by atoms with Crippen molar-refractivity contribution in [2.45, 2.75) is 51.2 Å². The number of halogens is 1. The number of aromatic nitrogens is 2. The van der Waals surface area contributed by atoms with E-state index < -0.39 is 23.1 Å². The zero-order valence-corrected chi connectivity index (χ0v) is 21.7. The molecular formula is C25H33FN6O5. The van der Waals surface area contributed by atoms with E-state index in [1.165, 1.54) is 11.0 Å². The van der Waals surface area contributed by atoms with E-state index in [-0.39, 0.29) is 25.0 Å². The molecule has 3 saturated heterocycles. The van der Waals surface area contributed by atoms with Crippen LogP contribution in [-0.2, 0) is 21.3 Å². The molecule has 1 aromatic carbocycles. The van der Waals surface area contributed by atoms with Gasteiger partial charge < -0.3 is 19.3 Å². The number of fused-ring (bicyclic) bond motifs is 1. The van der Waals surface area contributed by atoms with Crippen LogP contribution in [-0.4, -0.2) is 83.2 Å². The first-order valence-corrected chi connectivity index (χ1v) is 12.6. The summed E-state index contributed by atoms with van der Waals surface area (Å²) in [5.41, 5.74) is 0.0873. The van der Waals surface area contributed by atoms with Crippen molar-refractivity contribution in [3.05, 3.63) is 17.9 Å². The molecule has 0 unspecified atom stereocenters. The van der Waals surface area contributed by atoms with Gasteiger partial charge >= 0.3 is 12.1 Å². The summed E-state index contributed by atoms with van der Waals surface area (Å²) in [5.74, 6) is -0.437. The SMILES string of the molecule is Cn1nc(N2CCC(=O)NC2=O)c2cc(F)c(N3CCOC4(CCN(C(=O)OC(C)(C)C)CC4)C3)cc21. The monoisotopic (exact) mass is 516 g/mol.